The lowest BCUT2D eigenvalue weighted by atomic mass is 10.2. The van der Waals surface area contributed by atoms with Crippen LogP contribution in [0.4, 0.5) is 11.6 Å². The van der Waals surface area contributed by atoms with Gasteiger partial charge in [0.15, 0.2) is 0 Å². The molecular weight excluding hydrogens is 268 g/mol. The zero-order valence-corrected chi connectivity index (χ0v) is 13.0. The fourth-order valence-corrected chi connectivity index (χ4v) is 2.76. The van der Waals surface area contributed by atoms with E-state index in [9.17, 15) is 0 Å². The first-order valence-corrected chi connectivity index (χ1v) is 8.07. The molecule has 2 N–H and O–H groups in total. The summed E-state index contributed by atoms with van der Waals surface area (Å²) >= 11 is 1.80. The molecule has 4 nitrogen and oxygen atoms in total. The van der Waals surface area contributed by atoms with E-state index in [-0.39, 0.29) is 0 Å². The van der Waals surface area contributed by atoms with E-state index in [0.29, 0.717) is 0 Å². The van der Waals surface area contributed by atoms with Gasteiger partial charge in [0.1, 0.15) is 18.0 Å². The van der Waals surface area contributed by atoms with Crippen LogP contribution in [0.3, 0.4) is 0 Å². The predicted octanol–water partition coefficient (Wildman–Crippen LogP) is 3.58. The molecule has 0 fully saturated rings. The van der Waals surface area contributed by atoms with E-state index < -0.39 is 0 Å². The van der Waals surface area contributed by atoms with Crippen molar-refractivity contribution in [2.45, 2.75) is 33.1 Å². The molecule has 0 aliphatic carbocycles. The van der Waals surface area contributed by atoms with Crippen molar-refractivity contribution in [2.24, 2.45) is 0 Å². The minimum atomic E-state index is 0.901. The van der Waals surface area contributed by atoms with Crippen LogP contribution in [0.5, 0.6) is 0 Å². The first-order valence-electron chi connectivity index (χ1n) is 7.19. The monoisotopic (exact) mass is 290 g/mol. The zero-order chi connectivity index (χ0) is 14.2. The standard InChI is InChI=1S/C15H22N4S/c1-3-8-16-14-13(4-2)15(19-11-18-14)17-9-7-12-6-5-10-20-12/h5-6,10-11H,3-4,7-9H2,1-2H3,(H2,16,17,18,19). The second-order valence-electron chi connectivity index (χ2n) is 4.59. The number of nitrogens with one attached hydrogen (secondary N) is 2. The van der Waals surface area contributed by atoms with Crippen LogP contribution in [0.2, 0.25) is 0 Å². The molecule has 2 aromatic rings. The Morgan fingerprint density at radius 1 is 1.10 bits per heavy atom. The maximum Gasteiger partial charge on any atom is 0.134 e. The highest BCUT2D eigenvalue weighted by molar-refractivity contribution is 7.09. The average molecular weight is 290 g/mol. The molecule has 0 atom stereocenters. The summed E-state index contributed by atoms with van der Waals surface area (Å²) in [4.78, 5) is 10.1. The van der Waals surface area contributed by atoms with Gasteiger partial charge >= 0.3 is 0 Å². The molecule has 0 saturated carbocycles. The fraction of sp³-hybridized carbons (Fsp3) is 0.467. The Balaban J connectivity index is 1.99. The molecule has 0 aliphatic heterocycles. The van der Waals surface area contributed by atoms with Crippen molar-refractivity contribution in [3.8, 4) is 0 Å². The fourth-order valence-electron chi connectivity index (χ4n) is 2.05. The van der Waals surface area contributed by atoms with Crippen LogP contribution in [0.15, 0.2) is 23.8 Å². The van der Waals surface area contributed by atoms with Gasteiger partial charge in [0.05, 0.1) is 0 Å². The summed E-state index contributed by atoms with van der Waals surface area (Å²) in [6.45, 7) is 6.14. The summed E-state index contributed by atoms with van der Waals surface area (Å²) in [5.41, 5.74) is 1.17. The van der Waals surface area contributed by atoms with E-state index in [0.717, 1.165) is 44.0 Å². The van der Waals surface area contributed by atoms with Gasteiger partial charge in [-0.25, -0.2) is 9.97 Å². The minimum Gasteiger partial charge on any atom is -0.370 e. The van der Waals surface area contributed by atoms with Gasteiger partial charge in [-0.2, -0.15) is 0 Å². The summed E-state index contributed by atoms with van der Waals surface area (Å²) in [6, 6.07) is 4.26. The molecule has 0 aliphatic rings. The lowest BCUT2D eigenvalue weighted by Gasteiger charge is -2.13. The summed E-state index contributed by atoms with van der Waals surface area (Å²) in [6.07, 6.45) is 4.68. The van der Waals surface area contributed by atoms with Gasteiger partial charge in [-0.05, 0) is 30.7 Å². The van der Waals surface area contributed by atoms with E-state index >= 15 is 0 Å². The lowest BCUT2D eigenvalue weighted by molar-refractivity contribution is 0.940. The molecule has 0 aromatic carbocycles. The van der Waals surface area contributed by atoms with E-state index in [1.54, 1.807) is 17.7 Å². The molecular formula is C15H22N4S. The van der Waals surface area contributed by atoms with Crippen molar-refractivity contribution < 1.29 is 0 Å². The van der Waals surface area contributed by atoms with E-state index in [1.165, 1.54) is 10.4 Å². The van der Waals surface area contributed by atoms with Gasteiger partial charge in [-0.15, -0.1) is 11.3 Å². The molecule has 2 aromatic heterocycles. The van der Waals surface area contributed by atoms with Gasteiger partial charge in [-0.3, -0.25) is 0 Å². The molecule has 5 heteroatoms. The first-order chi connectivity index (χ1) is 9.85. The Labute approximate surface area is 124 Å². The summed E-state index contributed by atoms with van der Waals surface area (Å²) in [5, 5.41) is 8.92. The Morgan fingerprint density at radius 3 is 2.45 bits per heavy atom. The number of hydrogen-bond donors (Lipinski definition) is 2. The van der Waals surface area contributed by atoms with Gasteiger partial charge in [0.2, 0.25) is 0 Å². The maximum absolute atomic E-state index is 4.38. The molecule has 20 heavy (non-hydrogen) atoms. The van der Waals surface area contributed by atoms with Crippen molar-refractivity contribution in [2.75, 3.05) is 23.7 Å². The highest BCUT2D eigenvalue weighted by atomic mass is 32.1. The van der Waals surface area contributed by atoms with Gasteiger partial charge < -0.3 is 10.6 Å². The van der Waals surface area contributed by atoms with Crippen LogP contribution in [-0.2, 0) is 12.8 Å². The molecule has 0 bridgehead atoms. The number of thiophene rings is 1. The van der Waals surface area contributed by atoms with E-state index in [4.69, 9.17) is 0 Å². The molecule has 108 valence electrons. The van der Waals surface area contributed by atoms with E-state index in [1.807, 2.05) is 0 Å². The van der Waals surface area contributed by atoms with Crippen LogP contribution < -0.4 is 10.6 Å². The number of rotatable bonds is 8. The maximum atomic E-state index is 4.38. The van der Waals surface area contributed by atoms with Crippen molar-refractivity contribution in [3.05, 3.63) is 34.3 Å². The smallest absolute Gasteiger partial charge is 0.134 e. The first kappa shape index (κ1) is 14.8. The predicted molar refractivity (Wildman–Crippen MR) is 86.7 cm³/mol. The largest absolute Gasteiger partial charge is 0.370 e. The van der Waals surface area contributed by atoms with Crippen molar-refractivity contribution in [3.63, 3.8) is 0 Å². The Kier molecular flexibility index (Phi) is 5.80. The number of aromatic nitrogens is 2. The van der Waals surface area contributed by atoms with Crippen LogP contribution in [0, 0.1) is 0 Å². The molecule has 2 heterocycles. The Hall–Kier alpha value is -1.62. The normalized spacial score (nSPS) is 10.5. The third kappa shape index (κ3) is 3.93. The summed E-state index contributed by atoms with van der Waals surface area (Å²) < 4.78 is 0. The zero-order valence-electron chi connectivity index (χ0n) is 12.1. The number of nitrogens with zero attached hydrogens (tertiary/aromatic N) is 2. The van der Waals surface area contributed by atoms with Crippen LogP contribution >= 0.6 is 11.3 Å². The van der Waals surface area contributed by atoms with Crippen molar-refractivity contribution >= 4 is 23.0 Å². The van der Waals surface area contributed by atoms with Crippen molar-refractivity contribution in [1.82, 2.24) is 9.97 Å². The second kappa shape index (κ2) is 7.85. The van der Waals surface area contributed by atoms with Crippen LogP contribution in [0.25, 0.3) is 0 Å². The quantitative estimate of drug-likeness (QED) is 0.780. The Bertz CT molecular complexity index is 511. The third-order valence-corrected chi connectivity index (χ3v) is 4.02. The lowest BCUT2D eigenvalue weighted by Crippen LogP contribution is -2.12. The molecule has 2 rings (SSSR count). The average Bonchev–Trinajstić information content (AvgIpc) is 2.98. The van der Waals surface area contributed by atoms with Gasteiger partial charge in [0.25, 0.3) is 0 Å². The molecule has 0 amide bonds. The van der Waals surface area contributed by atoms with E-state index in [2.05, 4.69) is 52.0 Å². The molecule has 0 saturated heterocycles. The third-order valence-electron chi connectivity index (χ3n) is 3.09. The van der Waals surface area contributed by atoms with Gasteiger partial charge in [-0.1, -0.05) is 19.9 Å². The second-order valence-corrected chi connectivity index (χ2v) is 5.62. The highest BCUT2D eigenvalue weighted by Crippen LogP contribution is 2.20. The highest BCUT2D eigenvalue weighted by Gasteiger charge is 2.08. The Morgan fingerprint density at radius 2 is 1.85 bits per heavy atom. The summed E-state index contributed by atoms with van der Waals surface area (Å²) in [7, 11) is 0. The minimum absolute atomic E-state index is 0.901. The molecule has 0 spiro atoms. The molecule has 0 radical (unpaired) electrons. The number of hydrogen-bond acceptors (Lipinski definition) is 5. The SMILES string of the molecule is CCCNc1ncnc(NCCc2cccs2)c1CC. The van der Waals surface area contributed by atoms with Gasteiger partial charge in [0, 0.05) is 23.5 Å². The molecule has 0 unspecified atom stereocenters. The van der Waals surface area contributed by atoms with Crippen LogP contribution in [-0.4, -0.2) is 23.1 Å². The summed E-state index contributed by atoms with van der Waals surface area (Å²) in [5.74, 6) is 1.92. The van der Waals surface area contributed by atoms with Crippen molar-refractivity contribution in [1.29, 1.82) is 0 Å². The van der Waals surface area contributed by atoms with Crippen LogP contribution in [0.1, 0.15) is 30.7 Å². The number of anilines is 2. The topological polar surface area (TPSA) is 49.8 Å².